The summed E-state index contributed by atoms with van der Waals surface area (Å²) < 4.78 is 21.8. The quantitative estimate of drug-likeness (QED) is 0.0959. The van der Waals surface area contributed by atoms with Gasteiger partial charge in [-0.2, -0.15) is 5.10 Å². The average Bonchev–Trinajstić information content (AvgIpc) is 3.43. The number of fused-ring (bicyclic) bond motifs is 1. The van der Waals surface area contributed by atoms with Gasteiger partial charge in [-0.05, 0) is 48.6 Å². The molecule has 0 unspecified atom stereocenters. The van der Waals surface area contributed by atoms with Gasteiger partial charge >= 0.3 is 5.97 Å². The highest BCUT2D eigenvalue weighted by molar-refractivity contribution is 8.12. The first-order valence-electron chi connectivity index (χ1n) is 15.2. The zero-order valence-corrected chi connectivity index (χ0v) is 31.9. The number of carbonyl (C=O) groups excluding carboxylic acids is 2. The van der Waals surface area contributed by atoms with Gasteiger partial charge in [0.05, 0.1) is 29.5 Å². The molecule has 2 heterocycles. The summed E-state index contributed by atoms with van der Waals surface area (Å²) in [5, 5.41) is 6.11. The second kappa shape index (κ2) is 14.7. The lowest BCUT2D eigenvalue weighted by Gasteiger charge is -2.36. The van der Waals surface area contributed by atoms with Crippen molar-refractivity contribution in [3.8, 4) is 11.3 Å². The fraction of sp³-hybridized carbons (Fsp3) is 0.594. The molecule has 0 aliphatic heterocycles. The van der Waals surface area contributed by atoms with E-state index in [-0.39, 0.29) is 16.9 Å². The number of nitrogens with zero attached hydrogens (tertiary/aromatic N) is 3. The van der Waals surface area contributed by atoms with E-state index in [2.05, 4.69) is 58.6 Å². The summed E-state index contributed by atoms with van der Waals surface area (Å²) in [5.74, 6) is 0.0370. The molecule has 1 aromatic carbocycles. The first kappa shape index (κ1) is 36.6. The Bertz CT molecular complexity index is 1490. The number of methoxy groups -OCH3 is 1. The first-order chi connectivity index (χ1) is 20.4. The van der Waals surface area contributed by atoms with Crippen molar-refractivity contribution in [2.45, 2.75) is 96.8 Å². The molecule has 0 N–H and O–H groups in total. The van der Waals surface area contributed by atoms with E-state index in [4.69, 9.17) is 25.5 Å². The summed E-state index contributed by atoms with van der Waals surface area (Å²) in [6.07, 6.45) is 3.14. The molecule has 0 aliphatic rings. The van der Waals surface area contributed by atoms with Gasteiger partial charge in [0.2, 0.25) is 0 Å². The van der Waals surface area contributed by atoms with E-state index >= 15 is 0 Å². The van der Waals surface area contributed by atoms with Gasteiger partial charge in [-0.3, -0.25) is 9.48 Å². The lowest BCUT2D eigenvalue weighted by atomic mass is 10.0. The van der Waals surface area contributed by atoms with Crippen LogP contribution in [0.25, 0.3) is 22.2 Å². The van der Waals surface area contributed by atoms with E-state index in [0.717, 1.165) is 45.8 Å². The molecule has 0 bridgehead atoms. The number of aryl methyl sites for hydroxylation is 2. The molecule has 0 saturated heterocycles. The minimum Gasteiger partial charge on any atom is -0.464 e. The zero-order valence-electron chi connectivity index (χ0n) is 28.4. The Morgan fingerprint density at radius 3 is 2.36 bits per heavy atom. The predicted octanol–water partition coefficient (Wildman–Crippen LogP) is 8.53. The average molecular weight is 680 g/mol. The van der Waals surface area contributed by atoms with Gasteiger partial charge in [-0.15, -0.1) is 0 Å². The molecule has 0 amide bonds. The van der Waals surface area contributed by atoms with Crippen molar-refractivity contribution in [3.63, 3.8) is 0 Å². The van der Waals surface area contributed by atoms with E-state index in [0.29, 0.717) is 36.1 Å². The van der Waals surface area contributed by atoms with Gasteiger partial charge in [0, 0.05) is 57.5 Å². The first-order valence-corrected chi connectivity index (χ1v) is 23.2. The third-order valence-corrected chi connectivity index (χ3v) is 15.8. The van der Waals surface area contributed by atoms with Gasteiger partial charge in [0.1, 0.15) is 12.4 Å². The highest BCUT2D eigenvalue weighted by Gasteiger charge is 2.37. The fourth-order valence-corrected chi connectivity index (χ4v) is 7.50. The van der Waals surface area contributed by atoms with Crippen molar-refractivity contribution < 1.29 is 23.5 Å². The topological polar surface area (TPSA) is 84.6 Å². The third kappa shape index (κ3) is 8.67. The molecule has 0 spiro atoms. The monoisotopic (exact) mass is 679 g/mol. The van der Waals surface area contributed by atoms with Crippen LogP contribution in [0.4, 0.5) is 0 Å². The summed E-state index contributed by atoms with van der Waals surface area (Å²) in [5.41, 5.74) is 4.60. The van der Waals surface area contributed by atoms with Crippen LogP contribution < -0.4 is 0 Å². The Kier molecular flexibility index (Phi) is 12.2. The SMILES string of the molecule is COC(=O)c1c(CCCO[Si](C)(C)C(C)(C)C)c2ccc(Cl)c(-c3c(CSC(C)=O)cnn3C)c2n1COCC[Si](C)(C)C. The number of benzene rings is 1. The lowest BCUT2D eigenvalue weighted by molar-refractivity contribution is -0.109. The van der Waals surface area contributed by atoms with Crippen LogP contribution in [0.2, 0.25) is 48.8 Å². The number of halogens is 1. The van der Waals surface area contributed by atoms with E-state index < -0.39 is 22.4 Å². The molecule has 8 nitrogen and oxygen atoms in total. The van der Waals surface area contributed by atoms with Crippen LogP contribution >= 0.6 is 23.4 Å². The number of hydrogen-bond acceptors (Lipinski definition) is 7. The molecule has 2 aromatic heterocycles. The minimum atomic E-state index is -1.92. The molecule has 0 aliphatic carbocycles. The maximum atomic E-state index is 13.5. The smallest absolute Gasteiger partial charge is 0.355 e. The largest absolute Gasteiger partial charge is 0.464 e. The highest BCUT2D eigenvalue weighted by atomic mass is 35.5. The third-order valence-electron chi connectivity index (χ3n) is 8.40. The maximum absolute atomic E-state index is 13.5. The maximum Gasteiger partial charge on any atom is 0.355 e. The Hall–Kier alpha value is -1.90. The van der Waals surface area contributed by atoms with Crippen molar-refractivity contribution in [1.82, 2.24) is 14.3 Å². The van der Waals surface area contributed by atoms with Crippen LogP contribution in [0.1, 0.15) is 55.7 Å². The zero-order chi connectivity index (χ0) is 33.0. The molecule has 3 aromatic rings. The minimum absolute atomic E-state index is 0.0264. The number of aromatic nitrogens is 3. The van der Waals surface area contributed by atoms with Gasteiger partial charge in [0.15, 0.2) is 13.4 Å². The summed E-state index contributed by atoms with van der Waals surface area (Å²) in [7, 11) is 0.0227. The summed E-state index contributed by atoms with van der Waals surface area (Å²) >= 11 is 8.22. The van der Waals surface area contributed by atoms with E-state index in [1.807, 2.05) is 23.7 Å². The van der Waals surface area contributed by atoms with Gasteiger partial charge in [-0.25, -0.2) is 4.79 Å². The fourth-order valence-electron chi connectivity index (χ4n) is 4.85. The molecular formula is C32H50ClN3O5SSi2. The highest BCUT2D eigenvalue weighted by Crippen LogP contribution is 2.42. The van der Waals surface area contributed by atoms with Gasteiger partial charge in [0.25, 0.3) is 0 Å². The lowest BCUT2D eigenvalue weighted by Crippen LogP contribution is -2.41. The van der Waals surface area contributed by atoms with Crippen LogP contribution in [0.3, 0.4) is 0 Å². The Morgan fingerprint density at radius 2 is 1.77 bits per heavy atom. The van der Waals surface area contributed by atoms with Crippen molar-refractivity contribution in [3.05, 3.63) is 40.2 Å². The Morgan fingerprint density at radius 1 is 1.09 bits per heavy atom. The molecule has 0 saturated carbocycles. The molecular weight excluding hydrogens is 630 g/mol. The molecule has 0 fully saturated rings. The van der Waals surface area contributed by atoms with Crippen LogP contribution in [0, 0.1) is 0 Å². The number of ether oxygens (including phenoxy) is 2. The molecule has 12 heteroatoms. The molecule has 0 atom stereocenters. The second-order valence-electron chi connectivity index (χ2n) is 14.0. The number of thioether (sulfide) groups is 1. The van der Waals surface area contributed by atoms with Crippen molar-refractivity contribution in [2.24, 2.45) is 7.05 Å². The standard InChI is InChI=1S/C32H50ClN3O5SSi2/c1-22(37)42-20-23-19-34-35(5)28(23)27-26(33)15-14-25-24(13-12-16-41-44(10,11)32(2,3)4)30(31(38)39-6)36(29(25)27)21-40-17-18-43(7,8)9/h14-15,19H,12-13,16-18,20-21H2,1-11H3. The Balaban J connectivity index is 2.20. The van der Waals surface area contributed by atoms with E-state index in [9.17, 15) is 9.59 Å². The van der Waals surface area contributed by atoms with E-state index in [1.165, 1.54) is 18.9 Å². The number of rotatable bonds is 14. The van der Waals surface area contributed by atoms with Crippen molar-refractivity contribution in [2.75, 3.05) is 20.3 Å². The number of esters is 1. The molecule has 44 heavy (non-hydrogen) atoms. The normalized spacial score (nSPS) is 12.7. The molecule has 3 rings (SSSR count). The summed E-state index contributed by atoms with van der Waals surface area (Å²) in [4.78, 5) is 25.4. The van der Waals surface area contributed by atoms with Crippen molar-refractivity contribution >= 4 is 61.7 Å². The van der Waals surface area contributed by atoms with Crippen molar-refractivity contribution in [1.29, 1.82) is 0 Å². The van der Waals surface area contributed by atoms with E-state index in [1.54, 1.807) is 17.8 Å². The predicted molar refractivity (Wildman–Crippen MR) is 188 cm³/mol. The number of hydrogen-bond donors (Lipinski definition) is 0. The molecule has 0 radical (unpaired) electrons. The van der Waals surface area contributed by atoms with Crippen LogP contribution in [0.5, 0.6) is 0 Å². The summed E-state index contributed by atoms with van der Waals surface area (Å²) in [6, 6.07) is 4.86. The number of carbonyl (C=O) groups is 2. The Labute approximate surface area is 274 Å². The second-order valence-corrected chi connectivity index (χ2v) is 26.0. The van der Waals surface area contributed by atoms with Crippen LogP contribution in [-0.4, -0.2) is 62.1 Å². The van der Waals surface area contributed by atoms with Crippen LogP contribution in [0.15, 0.2) is 18.3 Å². The summed E-state index contributed by atoms with van der Waals surface area (Å²) in [6.45, 7) is 21.1. The van der Waals surface area contributed by atoms with Gasteiger partial charge in [-0.1, -0.05) is 69.8 Å². The van der Waals surface area contributed by atoms with Gasteiger partial charge < -0.3 is 18.5 Å². The van der Waals surface area contributed by atoms with Crippen LogP contribution in [-0.2, 0) is 44.6 Å². The molecule has 244 valence electrons.